The molecule has 21 heavy (non-hydrogen) atoms. The molecular formula is C15H27N3O3. The minimum atomic E-state index is -0.779. The van der Waals surface area contributed by atoms with Crippen molar-refractivity contribution >= 4 is 12.0 Å². The molecule has 1 aliphatic carbocycles. The molecule has 1 heterocycles. The fourth-order valence-corrected chi connectivity index (χ4v) is 3.44. The Labute approximate surface area is 126 Å². The molecule has 2 aliphatic rings. The van der Waals surface area contributed by atoms with Gasteiger partial charge >= 0.3 is 12.0 Å². The summed E-state index contributed by atoms with van der Waals surface area (Å²) in [6, 6.07) is -0.143. The van der Waals surface area contributed by atoms with Crippen LogP contribution in [0, 0.1) is 11.3 Å². The average molecular weight is 297 g/mol. The summed E-state index contributed by atoms with van der Waals surface area (Å²) in [5, 5.41) is 12.4. The van der Waals surface area contributed by atoms with Crippen molar-refractivity contribution in [1.29, 1.82) is 0 Å². The fraction of sp³-hybridized carbons (Fsp3) is 0.867. The third-order valence-corrected chi connectivity index (χ3v) is 5.00. The highest BCUT2D eigenvalue weighted by atomic mass is 16.4. The van der Waals surface area contributed by atoms with E-state index in [2.05, 4.69) is 5.32 Å². The molecule has 0 bridgehead atoms. The highest BCUT2D eigenvalue weighted by molar-refractivity contribution is 5.78. The number of amides is 2. The first-order valence-electron chi connectivity index (χ1n) is 8.04. The molecule has 2 fully saturated rings. The van der Waals surface area contributed by atoms with Crippen molar-refractivity contribution in [2.75, 3.05) is 26.2 Å². The van der Waals surface area contributed by atoms with Gasteiger partial charge in [-0.1, -0.05) is 25.7 Å². The second-order valence-electron chi connectivity index (χ2n) is 6.49. The molecule has 0 radical (unpaired) electrons. The number of carboxylic acid groups (broad SMARTS) is 1. The predicted octanol–water partition coefficient (Wildman–Crippen LogP) is 1.40. The summed E-state index contributed by atoms with van der Waals surface area (Å²) in [5.74, 6) is -0.395. The molecule has 0 aromatic carbocycles. The molecule has 0 aromatic heterocycles. The lowest BCUT2D eigenvalue weighted by Crippen LogP contribution is -2.47. The van der Waals surface area contributed by atoms with Gasteiger partial charge in [0, 0.05) is 19.6 Å². The highest BCUT2D eigenvalue weighted by Crippen LogP contribution is 2.35. The molecular weight excluding hydrogens is 270 g/mol. The number of likely N-dealkylation sites (tertiary alicyclic amines) is 1. The number of nitrogens with two attached hydrogens (primary N) is 1. The van der Waals surface area contributed by atoms with E-state index in [1.54, 1.807) is 4.90 Å². The van der Waals surface area contributed by atoms with E-state index >= 15 is 0 Å². The van der Waals surface area contributed by atoms with Gasteiger partial charge in [-0.15, -0.1) is 0 Å². The predicted molar refractivity (Wildman–Crippen MR) is 79.9 cm³/mol. The first-order chi connectivity index (χ1) is 10.1. The number of carbonyl (C=O) groups is 2. The maximum absolute atomic E-state index is 12.2. The van der Waals surface area contributed by atoms with Gasteiger partial charge in [0.1, 0.15) is 0 Å². The molecule has 0 aromatic rings. The standard InChI is InChI=1S/C15H27N3O3/c16-9-12-5-8-18(10-12)14(21)17-11-15(13(19)20)6-3-1-2-4-7-15/h12H,1-11,16H2,(H,17,21)(H,19,20). The van der Waals surface area contributed by atoms with Crippen LogP contribution in [0.5, 0.6) is 0 Å². The minimum absolute atomic E-state index is 0.143. The van der Waals surface area contributed by atoms with Crippen LogP contribution in [0.1, 0.15) is 44.9 Å². The van der Waals surface area contributed by atoms with Gasteiger partial charge in [-0.2, -0.15) is 0 Å². The van der Waals surface area contributed by atoms with Crippen LogP contribution in [0.25, 0.3) is 0 Å². The summed E-state index contributed by atoms with van der Waals surface area (Å²) >= 11 is 0. The maximum Gasteiger partial charge on any atom is 0.317 e. The number of nitrogens with zero attached hydrogens (tertiary/aromatic N) is 1. The average Bonchev–Trinajstić information content (AvgIpc) is 2.83. The molecule has 6 heteroatoms. The SMILES string of the molecule is NCC1CCN(C(=O)NCC2(C(=O)O)CCCCCC2)C1. The summed E-state index contributed by atoms with van der Waals surface area (Å²) in [5.41, 5.74) is 4.85. The van der Waals surface area contributed by atoms with Crippen molar-refractivity contribution in [3.63, 3.8) is 0 Å². The van der Waals surface area contributed by atoms with Crippen LogP contribution < -0.4 is 11.1 Å². The number of hydrogen-bond acceptors (Lipinski definition) is 3. The molecule has 6 nitrogen and oxygen atoms in total. The summed E-state index contributed by atoms with van der Waals surface area (Å²) < 4.78 is 0. The van der Waals surface area contributed by atoms with E-state index in [4.69, 9.17) is 5.73 Å². The van der Waals surface area contributed by atoms with E-state index in [1.807, 2.05) is 0 Å². The molecule has 2 rings (SSSR count). The number of urea groups is 1. The van der Waals surface area contributed by atoms with Gasteiger partial charge in [0.05, 0.1) is 5.41 Å². The molecule has 1 atom stereocenters. The molecule has 120 valence electrons. The Morgan fingerprint density at radius 3 is 2.43 bits per heavy atom. The van der Waals surface area contributed by atoms with Crippen LogP contribution in [-0.4, -0.2) is 48.2 Å². The van der Waals surface area contributed by atoms with Crippen molar-refractivity contribution in [3.8, 4) is 0 Å². The van der Waals surface area contributed by atoms with E-state index in [-0.39, 0.29) is 12.6 Å². The Hall–Kier alpha value is -1.30. The molecule has 0 spiro atoms. The Kier molecular flexibility index (Phi) is 5.45. The van der Waals surface area contributed by atoms with Crippen molar-refractivity contribution in [1.82, 2.24) is 10.2 Å². The zero-order valence-electron chi connectivity index (χ0n) is 12.6. The second kappa shape index (κ2) is 7.11. The lowest BCUT2D eigenvalue weighted by atomic mass is 9.80. The van der Waals surface area contributed by atoms with E-state index in [0.717, 1.165) is 32.1 Å². The summed E-state index contributed by atoms with van der Waals surface area (Å²) in [6.07, 6.45) is 6.30. The van der Waals surface area contributed by atoms with Crippen LogP contribution in [0.3, 0.4) is 0 Å². The number of hydrogen-bond donors (Lipinski definition) is 3. The summed E-state index contributed by atoms with van der Waals surface area (Å²) in [6.45, 7) is 2.24. The first-order valence-corrected chi connectivity index (χ1v) is 8.04. The van der Waals surface area contributed by atoms with Gasteiger partial charge in [0.2, 0.25) is 0 Å². The number of nitrogens with one attached hydrogen (secondary N) is 1. The lowest BCUT2D eigenvalue weighted by Gasteiger charge is -2.29. The topological polar surface area (TPSA) is 95.7 Å². The van der Waals surface area contributed by atoms with Gasteiger partial charge in [-0.3, -0.25) is 4.79 Å². The number of aliphatic carboxylic acids is 1. The third-order valence-electron chi connectivity index (χ3n) is 5.00. The maximum atomic E-state index is 12.2. The minimum Gasteiger partial charge on any atom is -0.481 e. The van der Waals surface area contributed by atoms with Crippen molar-refractivity contribution in [2.24, 2.45) is 17.1 Å². The zero-order valence-corrected chi connectivity index (χ0v) is 12.6. The van der Waals surface area contributed by atoms with Crippen molar-refractivity contribution < 1.29 is 14.7 Å². The monoisotopic (exact) mass is 297 g/mol. The first kappa shape index (κ1) is 16.1. The number of carbonyl (C=O) groups excluding carboxylic acids is 1. The fourth-order valence-electron chi connectivity index (χ4n) is 3.44. The molecule has 1 saturated heterocycles. The van der Waals surface area contributed by atoms with Gasteiger partial charge < -0.3 is 21.1 Å². The summed E-state index contributed by atoms with van der Waals surface area (Å²) in [7, 11) is 0. The highest BCUT2D eigenvalue weighted by Gasteiger charge is 2.39. The zero-order chi connectivity index (χ0) is 15.3. The van der Waals surface area contributed by atoms with Crippen molar-refractivity contribution in [2.45, 2.75) is 44.9 Å². The van der Waals surface area contributed by atoms with Crippen LogP contribution >= 0.6 is 0 Å². The number of rotatable bonds is 4. The number of carboxylic acids is 1. The third kappa shape index (κ3) is 3.87. The second-order valence-corrected chi connectivity index (χ2v) is 6.49. The Morgan fingerprint density at radius 2 is 1.90 bits per heavy atom. The van der Waals surface area contributed by atoms with Gasteiger partial charge in [-0.05, 0) is 31.7 Å². The lowest BCUT2D eigenvalue weighted by molar-refractivity contribution is -0.149. The van der Waals surface area contributed by atoms with Crippen molar-refractivity contribution in [3.05, 3.63) is 0 Å². The Balaban J connectivity index is 1.89. The Morgan fingerprint density at radius 1 is 1.24 bits per heavy atom. The van der Waals surface area contributed by atoms with Gasteiger partial charge in [0.25, 0.3) is 0 Å². The largest absolute Gasteiger partial charge is 0.481 e. The van der Waals surface area contributed by atoms with Crippen LogP contribution in [0.4, 0.5) is 4.79 Å². The Bertz CT molecular complexity index is 378. The van der Waals surface area contributed by atoms with Crippen LogP contribution in [0.2, 0.25) is 0 Å². The normalized spacial score (nSPS) is 25.4. The summed E-state index contributed by atoms with van der Waals surface area (Å²) in [4.78, 5) is 25.6. The molecule has 1 unspecified atom stereocenters. The molecule has 4 N–H and O–H groups in total. The van der Waals surface area contributed by atoms with E-state index in [9.17, 15) is 14.7 Å². The van der Waals surface area contributed by atoms with Gasteiger partial charge in [-0.25, -0.2) is 4.79 Å². The molecule has 1 saturated carbocycles. The van der Waals surface area contributed by atoms with Crippen LogP contribution in [-0.2, 0) is 4.79 Å². The van der Waals surface area contributed by atoms with E-state index in [1.165, 1.54) is 0 Å². The quantitative estimate of drug-likeness (QED) is 0.683. The molecule has 1 aliphatic heterocycles. The molecule has 2 amide bonds. The van der Waals surface area contributed by atoms with Crippen LogP contribution in [0.15, 0.2) is 0 Å². The van der Waals surface area contributed by atoms with E-state index in [0.29, 0.717) is 38.4 Å². The smallest absolute Gasteiger partial charge is 0.317 e. The van der Waals surface area contributed by atoms with Gasteiger partial charge in [0.15, 0.2) is 0 Å². The van der Waals surface area contributed by atoms with E-state index < -0.39 is 11.4 Å².